The Kier molecular flexibility index (Phi) is 4.99. The minimum atomic E-state index is -0.203. The van der Waals surface area contributed by atoms with Crippen molar-refractivity contribution in [1.82, 2.24) is 15.2 Å². The Morgan fingerprint density at radius 1 is 1.00 bits per heavy atom. The minimum Gasteiger partial charge on any atom is -0.278 e. The molecule has 0 saturated carbocycles. The summed E-state index contributed by atoms with van der Waals surface area (Å²) >= 11 is 0. The van der Waals surface area contributed by atoms with Gasteiger partial charge < -0.3 is 0 Å². The van der Waals surface area contributed by atoms with E-state index < -0.39 is 0 Å². The monoisotopic (exact) mass is 343 g/mol. The molecule has 0 fully saturated rings. The minimum absolute atomic E-state index is 0. The van der Waals surface area contributed by atoms with Gasteiger partial charge in [-0.3, -0.25) is 10.1 Å². The zero-order chi connectivity index (χ0) is 15.8. The van der Waals surface area contributed by atoms with Crippen molar-refractivity contribution < 1.29 is 42.1 Å². The normalized spacial score (nSPS) is 10.6. The van der Waals surface area contributed by atoms with Crippen LogP contribution in [0.2, 0.25) is 0 Å². The summed E-state index contributed by atoms with van der Waals surface area (Å²) in [6.07, 6.45) is 3.56. The van der Waals surface area contributed by atoms with Crippen LogP contribution in [0.3, 0.4) is 0 Å². The van der Waals surface area contributed by atoms with Crippen LogP contribution in [0.1, 0.15) is 5.56 Å². The first-order chi connectivity index (χ1) is 11.2. The van der Waals surface area contributed by atoms with Gasteiger partial charge in [0.1, 0.15) is 5.82 Å². The molecule has 2 aromatic carbocycles. The number of halogens is 1. The first kappa shape index (κ1) is 17.1. The second-order valence-corrected chi connectivity index (χ2v) is 5.54. The molecule has 0 aliphatic carbocycles. The van der Waals surface area contributed by atoms with Gasteiger partial charge in [-0.15, -0.1) is 0 Å². The number of aryl methyl sites for hydroxylation is 1. The molecule has 5 heteroatoms. The van der Waals surface area contributed by atoms with Crippen LogP contribution in [-0.2, 0) is 0 Å². The molecule has 0 radical (unpaired) electrons. The average Bonchev–Trinajstić information content (AvgIpc) is 3.05. The maximum atomic E-state index is 13.5. The van der Waals surface area contributed by atoms with Crippen LogP contribution >= 0.6 is 0 Å². The van der Waals surface area contributed by atoms with E-state index in [2.05, 4.69) is 21.2 Å². The fraction of sp³-hybridized carbons (Fsp3) is 0.0526. The van der Waals surface area contributed by atoms with Gasteiger partial charge >= 0.3 is 0 Å². The zero-order valence-corrected chi connectivity index (χ0v) is 13.6. The molecule has 0 amide bonds. The molecule has 1 N–H and O–H groups in total. The smallest absolute Gasteiger partial charge is 0.126 e. The third-order valence-electron chi connectivity index (χ3n) is 3.99. The van der Waals surface area contributed by atoms with Crippen molar-refractivity contribution in [1.29, 1.82) is 0 Å². The van der Waals surface area contributed by atoms with E-state index in [4.69, 9.17) is 0 Å². The second kappa shape index (κ2) is 7.01. The summed E-state index contributed by atoms with van der Waals surface area (Å²) in [7, 11) is 0. The summed E-state index contributed by atoms with van der Waals surface area (Å²) in [5.74, 6) is -0.203. The molecular weight excluding hydrogens is 329 g/mol. The Hall–Kier alpha value is -1.75. The van der Waals surface area contributed by atoms with E-state index in [-0.39, 0.29) is 43.6 Å². The number of benzene rings is 2. The quantitative estimate of drug-likeness (QED) is 0.571. The molecule has 2 heterocycles. The Morgan fingerprint density at radius 2 is 1.83 bits per heavy atom. The molecule has 0 aliphatic heterocycles. The molecule has 24 heavy (non-hydrogen) atoms. The van der Waals surface area contributed by atoms with Gasteiger partial charge in [0.2, 0.25) is 0 Å². The Bertz CT molecular complexity index is 1010. The van der Waals surface area contributed by atoms with Crippen molar-refractivity contribution in [3.63, 3.8) is 0 Å². The first-order valence-electron chi connectivity index (χ1n) is 7.37. The molecule has 0 atom stereocenters. The molecule has 0 aliphatic rings. The topological polar surface area (TPSA) is 41.6 Å². The largest absolute Gasteiger partial charge is 0.278 e. The van der Waals surface area contributed by atoms with Crippen LogP contribution in [0, 0.1) is 50.5 Å². The van der Waals surface area contributed by atoms with E-state index in [0.29, 0.717) is 5.56 Å². The summed E-state index contributed by atoms with van der Waals surface area (Å²) in [6.45, 7) is 1.76. The number of rotatable bonds is 2. The number of fused-ring (bicyclic) bond motifs is 1. The summed E-state index contributed by atoms with van der Waals surface area (Å²) in [5.41, 5.74) is 5.44. The van der Waals surface area contributed by atoms with Gasteiger partial charge in [-0.2, -0.15) is 5.10 Å². The fourth-order valence-corrected chi connectivity index (χ4v) is 2.77. The molecule has 0 unspecified atom stereocenters. The van der Waals surface area contributed by atoms with Crippen molar-refractivity contribution in [2.24, 2.45) is 0 Å². The number of nitrogens with zero attached hydrogens (tertiary/aromatic N) is 2. The Balaban J connectivity index is 0.00000169. The molecular formula is C19H14ArFN3. The Labute approximate surface area is 168 Å². The summed E-state index contributed by atoms with van der Waals surface area (Å²) < 4.78 is 13.5. The van der Waals surface area contributed by atoms with E-state index in [9.17, 15) is 4.39 Å². The molecule has 120 valence electrons. The summed E-state index contributed by atoms with van der Waals surface area (Å²) in [5, 5.41) is 8.06. The van der Waals surface area contributed by atoms with E-state index >= 15 is 0 Å². The van der Waals surface area contributed by atoms with E-state index in [1.54, 1.807) is 25.4 Å². The van der Waals surface area contributed by atoms with Crippen LogP contribution in [0.5, 0.6) is 0 Å². The van der Waals surface area contributed by atoms with Gasteiger partial charge in [-0.05, 0) is 54.4 Å². The molecule has 0 saturated heterocycles. The number of aromatic nitrogens is 3. The average molecular weight is 343 g/mol. The second-order valence-electron chi connectivity index (χ2n) is 5.54. The molecule has 2 aromatic heterocycles. The van der Waals surface area contributed by atoms with Gasteiger partial charge in [-0.1, -0.05) is 12.1 Å². The third kappa shape index (κ3) is 3.09. The van der Waals surface area contributed by atoms with Crippen LogP contribution < -0.4 is 0 Å². The number of H-pyrrole nitrogens is 1. The summed E-state index contributed by atoms with van der Waals surface area (Å²) in [6, 6.07) is 15.2. The number of hydrogen-bond donors (Lipinski definition) is 1. The standard InChI is InChI=1S/C19H14FN3.Ar/c1-12-9-14(4-6-17(12)20)19-16(3-2-8-21-19)13-5-7-18-15(10-13)11-22-23-18;/h2-11H,1H3,(H,22,23);. The summed E-state index contributed by atoms with van der Waals surface area (Å²) in [4.78, 5) is 4.52. The Morgan fingerprint density at radius 3 is 2.67 bits per heavy atom. The van der Waals surface area contributed by atoms with E-state index in [0.717, 1.165) is 33.3 Å². The third-order valence-corrected chi connectivity index (χ3v) is 3.99. The predicted octanol–water partition coefficient (Wildman–Crippen LogP) is 4.74. The number of aromatic amines is 1. The van der Waals surface area contributed by atoms with Gasteiger partial charge in [0, 0.05) is 60.4 Å². The maximum absolute atomic E-state index is 13.5. The molecule has 0 bridgehead atoms. The predicted molar refractivity (Wildman–Crippen MR) is 89.5 cm³/mol. The van der Waals surface area contributed by atoms with Crippen LogP contribution in [0.25, 0.3) is 33.3 Å². The number of pyridine rings is 1. The molecule has 4 rings (SSSR count). The van der Waals surface area contributed by atoms with Crippen molar-refractivity contribution >= 4 is 10.9 Å². The van der Waals surface area contributed by atoms with Crippen molar-refractivity contribution in [2.45, 2.75) is 6.92 Å². The molecule has 3 nitrogen and oxygen atoms in total. The van der Waals surface area contributed by atoms with Crippen LogP contribution in [0.4, 0.5) is 4.39 Å². The first-order valence-corrected chi connectivity index (χ1v) is 7.37. The van der Waals surface area contributed by atoms with E-state index in [1.165, 1.54) is 6.07 Å². The maximum Gasteiger partial charge on any atom is 0.126 e. The SMILES string of the molecule is Cc1cc(-c2ncccc2-c2ccc3[nH]ncc3c2)ccc1F.[Ar]. The van der Waals surface area contributed by atoms with Crippen molar-refractivity contribution in [2.75, 3.05) is 0 Å². The number of hydrogen-bond acceptors (Lipinski definition) is 2. The van der Waals surface area contributed by atoms with E-state index in [1.807, 2.05) is 30.3 Å². The van der Waals surface area contributed by atoms with Gasteiger partial charge in [0.15, 0.2) is 0 Å². The van der Waals surface area contributed by atoms with Crippen molar-refractivity contribution in [3.8, 4) is 22.4 Å². The zero-order valence-electron chi connectivity index (χ0n) is 12.9. The molecule has 0 spiro atoms. The van der Waals surface area contributed by atoms with Crippen molar-refractivity contribution in [3.05, 3.63) is 72.3 Å². The van der Waals surface area contributed by atoms with Crippen LogP contribution in [-0.4, -0.2) is 15.2 Å². The molecule has 4 aromatic rings. The number of nitrogens with one attached hydrogen (secondary N) is 1. The van der Waals surface area contributed by atoms with Crippen LogP contribution in [0.15, 0.2) is 60.9 Å². The van der Waals surface area contributed by atoms with Gasteiger partial charge in [0.05, 0.1) is 17.4 Å². The van der Waals surface area contributed by atoms with Gasteiger partial charge in [0.25, 0.3) is 0 Å². The van der Waals surface area contributed by atoms with Gasteiger partial charge in [-0.25, -0.2) is 4.39 Å². The fourth-order valence-electron chi connectivity index (χ4n) is 2.77.